The standard InChI is InChI=1S/C19H16N4O3/c1-10-6-11(2)23-9-20-17(18(23)21-10)19(25)22-13-4-5-14-15(24)7-12(3)26-16(14)8-13/h4-9H,1-3H3,(H,22,25). The van der Waals surface area contributed by atoms with E-state index in [1.54, 1.807) is 35.9 Å². The van der Waals surface area contributed by atoms with Crippen molar-refractivity contribution in [2.75, 3.05) is 5.32 Å². The molecule has 0 aliphatic carbocycles. The molecular weight excluding hydrogens is 332 g/mol. The summed E-state index contributed by atoms with van der Waals surface area (Å²) in [4.78, 5) is 33.2. The average Bonchev–Trinajstić information content (AvgIpc) is 2.98. The van der Waals surface area contributed by atoms with Gasteiger partial charge in [0, 0.05) is 29.2 Å². The van der Waals surface area contributed by atoms with Crippen LogP contribution in [0, 0.1) is 20.8 Å². The van der Waals surface area contributed by atoms with Crippen molar-refractivity contribution in [1.82, 2.24) is 14.4 Å². The number of carbonyl (C=O) groups is 1. The number of aryl methyl sites for hydroxylation is 3. The predicted octanol–water partition coefficient (Wildman–Crippen LogP) is 3.01. The number of nitrogens with zero attached hydrogens (tertiary/aromatic N) is 3. The van der Waals surface area contributed by atoms with E-state index in [0.29, 0.717) is 28.1 Å². The predicted molar refractivity (Wildman–Crippen MR) is 97.6 cm³/mol. The van der Waals surface area contributed by atoms with Crippen molar-refractivity contribution >= 4 is 28.2 Å². The Kier molecular flexibility index (Phi) is 3.57. The molecule has 1 N–H and O–H groups in total. The highest BCUT2D eigenvalue weighted by atomic mass is 16.3. The molecule has 0 aliphatic rings. The number of benzene rings is 1. The minimum absolute atomic E-state index is 0.114. The van der Waals surface area contributed by atoms with Crippen LogP contribution in [-0.2, 0) is 0 Å². The third kappa shape index (κ3) is 2.63. The van der Waals surface area contributed by atoms with Crippen LogP contribution in [-0.4, -0.2) is 20.3 Å². The van der Waals surface area contributed by atoms with E-state index in [4.69, 9.17) is 4.42 Å². The Balaban J connectivity index is 1.73. The summed E-state index contributed by atoms with van der Waals surface area (Å²) in [5, 5.41) is 3.26. The summed E-state index contributed by atoms with van der Waals surface area (Å²) >= 11 is 0. The summed E-state index contributed by atoms with van der Waals surface area (Å²) in [6.45, 7) is 5.51. The van der Waals surface area contributed by atoms with Gasteiger partial charge < -0.3 is 9.73 Å². The van der Waals surface area contributed by atoms with E-state index in [9.17, 15) is 9.59 Å². The van der Waals surface area contributed by atoms with E-state index < -0.39 is 0 Å². The molecule has 0 saturated carbocycles. The van der Waals surface area contributed by atoms with E-state index in [-0.39, 0.29) is 17.0 Å². The van der Waals surface area contributed by atoms with Crippen LogP contribution in [0.4, 0.5) is 5.69 Å². The van der Waals surface area contributed by atoms with E-state index in [0.717, 1.165) is 11.4 Å². The van der Waals surface area contributed by atoms with Crippen LogP contribution in [0.1, 0.15) is 27.6 Å². The second-order valence-electron chi connectivity index (χ2n) is 6.21. The summed E-state index contributed by atoms with van der Waals surface area (Å²) in [6, 6.07) is 8.28. The van der Waals surface area contributed by atoms with E-state index in [1.807, 2.05) is 19.9 Å². The fourth-order valence-corrected chi connectivity index (χ4v) is 2.98. The Bertz CT molecular complexity index is 1240. The molecule has 0 atom stereocenters. The average molecular weight is 348 g/mol. The van der Waals surface area contributed by atoms with Crippen LogP contribution in [0.5, 0.6) is 0 Å². The zero-order valence-electron chi connectivity index (χ0n) is 14.5. The van der Waals surface area contributed by atoms with Crippen molar-refractivity contribution in [3.63, 3.8) is 0 Å². The number of nitrogens with one attached hydrogen (secondary N) is 1. The van der Waals surface area contributed by atoms with Gasteiger partial charge >= 0.3 is 0 Å². The Morgan fingerprint density at radius 2 is 1.96 bits per heavy atom. The molecule has 1 amide bonds. The maximum atomic E-state index is 12.7. The first-order valence-electron chi connectivity index (χ1n) is 8.09. The molecule has 1 aromatic carbocycles. The lowest BCUT2D eigenvalue weighted by molar-refractivity contribution is 0.102. The number of hydrogen-bond acceptors (Lipinski definition) is 5. The van der Waals surface area contributed by atoms with Crippen molar-refractivity contribution in [1.29, 1.82) is 0 Å². The molecule has 0 aliphatic heterocycles. The molecule has 130 valence electrons. The molecule has 7 heteroatoms. The quantitative estimate of drug-likeness (QED) is 0.601. The number of fused-ring (bicyclic) bond motifs is 2. The lowest BCUT2D eigenvalue weighted by Gasteiger charge is -2.06. The van der Waals surface area contributed by atoms with Gasteiger partial charge in [-0.25, -0.2) is 9.97 Å². The third-order valence-electron chi connectivity index (χ3n) is 4.15. The molecule has 7 nitrogen and oxygen atoms in total. The van der Waals surface area contributed by atoms with E-state index >= 15 is 0 Å². The van der Waals surface area contributed by atoms with Gasteiger partial charge in [0.15, 0.2) is 16.8 Å². The van der Waals surface area contributed by atoms with Crippen LogP contribution < -0.4 is 10.7 Å². The van der Waals surface area contributed by atoms with Gasteiger partial charge in [-0.1, -0.05) is 0 Å². The summed E-state index contributed by atoms with van der Waals surface area (Å²) in [5.41, 5.74) is 3.33. The number of anilines is 1. The normalized spacial score (nSPS) is 11.2. The van der Waals surface area contributed by atoms with Crippen molar-refractivity contribution in [2.24, 2.45) is 0 Å². The maximum Gasteiger partial charge on any atom is 0.278 e. The van der Waals surface area contributed by atoms with Crippen molar-refractivity contribution in [3.8, 4) is 0 Å². The maximum absolute atomic E-state index is 12.7. The molecule has 0 fully saturated rings. The molecule has 4 aromatic rings. The second kappa shape index (κ2) is 5.80. The largest absolute Gasteiger partial charge is 0.461 e. The van der Waals surface area contributed by atoms with Gasteiger partial charge in [0.2, 0.25) is 0 Å². The molecular formula is C19H16N4O3. The Labute approximate surface area is 148 Å². The number of carbonyl (C=O) groups excluding carboxylic acids is 1. The number of hydrogen-bond donors (Lipinski definition) is 1. The molecule has 3 heterocycles. The lowest BCUT2D eigenvalue weighted by atomic mass is 10.2. The van der Waals surface area contributed by atoms with Crippen LogP contribution in [0.15, 0.2) is 45.9 Å². The Hall–Kier alpha value is -3.48. The van der Waals surface area contributed by atoms with Crippen LogP contribution >= 0.6 is 0 Å². The van der Waals surface area contributed by atoms with Gasteiger partial charge in [0.05, 0.1) is 5.39 Å². The van der Waals surface area contributed by atoms with Crippen molar-refractivity contribution in [3.05, 3.63) is 69.7 Å². The number of rotatable bonds is 2. The van der Waals surface area contributed by atoms with Gasteiger partial charge in [0.1, 0.15) is 17.7 Å². The monoisotopic (exact) mass is 348 g/mol. The smallest absolute Gasteiger partial charge is 0.278 e. The zero-order valence-corrected chi connectivity index (χ0v) is 14.5. The Morgan fingerprint density at radius 3 is 2.77 bits per heavy atom. The summed E-state index contributed by atoms with van der Waals surface area (Å²) in [7, 11) is 0. The van der Waals surface area contributed by atoms with Gasteiger partial charge in [0.25, 0.3) is 5.91 Å². The van der Waals surface area contributed by atoms with E-state index in [1.165, 1.54) is 6.07 Å². The zero-order chi connectivity index (χ0) is 18.4. The topological polar surface area (TPSA) is 89.5 Å². The molecule has 26 heavy (non-hydrogen) atoms. The first-order chi connectivity index (χ1) is 12.4. The van der Waals surface area contributed by atoms with Crippen molar-refractivity contribution < 1.29 is 9.21 Å². The highest BCUT2D eigenvalue weighted by Crippen LogP contribution is 2.19. The Morgan fingerprint density at radius 1 is 1.15 bits per heavy atom. The second-order valence-corrected chi connectivity index (χ2v) is 6.21. The molecule has 4 rings (SSSR count). The molecule has 0 radical (unpaired) electrons. The molecule has 3 aromatic heterocycles. The van der Waals surface area contributed by atoms with E-state index in [2.05, 4.69) is 15.3 Å². The SMILES string of the molecule is Cc1cc(C)n2cnc(C(=O)Nc3ccc4c(=O)cc(C)oc4c3)c2n1. The fraction of sp³-hybridized carbons (Fsp3) is 0.158. The van der Waals surface area contributed by atoms with Crippen molar-refractivity contribution in [2.45, 2.75) is 20.8 Å². The molecule has 0 saturated heterocycles. The minimum atomic E-state index is -0.376. The van der Waals surface area contributed by atoms with Gasteiger partial charge in [-0.15, -0.1) is 0 Å². The van der Waals surface area contributed by atoms with Gasteiger partial charge in [-0.3, -0.25) is 14.0 Å². The van der Waals surface area contributed by atoms with Gasteiger partial charge in [-0.05, 0) is 39.0 Å². The van der Waals surface area contributed by atoms with Gasteiger partial charge in [-0.2, -0.15) is 0 Å². The summed E-state index contributed by atoms with van der Waals surface area (Å²) in [5.74, 6) is 0.139. The third-order valence-corrected chi connectivity index (χ3v) is 4.15. The minimum Gasteiger partial charge on any atom is -0.461 e. The number of imidazole rings is 1. The van der Waals surface area contributed by atoms with Crippen LogP contribution in [0.25, 0.3) is 16.6 Å². The summed E-state index contributed by atoms with van der Waals surface area (Å²) < 4.78 is 7.34. The highest BCUT2D eigenvalue weighted by Gasteiger charge is 2.16. The molecule has 0 unspecified atom stereocenters. The highest BCUT2D eigenvalue weighted by molar-refractivity contribution is 6.07. The number of amides is 1. The molecule has 0 bridgehead atoms. The first kappa shape index (κ1) is 16.0. The van der Waals surface area contributed by atoms with Crippen LogP contribution in [0.3, 0.4) is 0 Å². The lowest BCUT2D eigenvalue weighted by Crippen LogP contribution is -2.14. The fourth-order valence-electron chi connectivity index (χ4n) is 2.98. The van der Waals surface area contributed by atoms with Crippen LogP contribution in [0.2, 0.25) is 0 Å². The first-order valence-corrected chi connectivity index (χ1v) is 8.09. The number of aromatic nitrogens is 3. The molecule has 0 spiro atoms. The summed E-state index contributed by atoms with van der Waals surface area (Å²) in [6.07, 6.45) is 1.58.